The van der Waals surface area contributed by atoms with Crippen LogP contribution in [-0.4, -0.2) is 21.3 Å². The van der Waals surface area contributed by atoms with E-state index in [1.807, 2.05) is 31.2 Å². The molecule has 2 N–H and O–H groups in total. The molecule has 0 unspecified atom stereocenters. The first kappa shape index (κ1) is 11.3. The zero-order chi connectivity index (χ0) is 12.1. The van der Waals surface area contributed by atoms with E-state index in [4.69, 9.17) is 0 Å². The zero-order valence-corrected chi connectivity index (χ0v) is 9.60. The SMILES string of the molecule is Cc1cccc(NC(=O)CCc2c[nH]nn2)c1. The molecule has 88 valence electrons. The van der Waals surface area contributed by atoms with Gasteiger partial charge in [0.25, 0.3) is 0 Å². The summed E-state index contributed by atoms with van der Waals surface area (Å²) in [5.74, 6) is -0.0152. The molecule has 0 aliphatic heterocycles. The summed E-state index contributed by atoms with van der Waals surface area (Å²) in [6, 6.07) is 7.72. The molecule has 0 radical (unpaired) electrons. The van der Waals surface area contributed by atoms with Gasteiger partial charge in [0, 0.05) is 24.7 Å². The number of nitrogens with one attached hydrogen (secondary N) is 2. The Morgan fingerprint density at radius 3 is 3.06 bits per heavy atom. The predicted octanol–water partition coefficient (Wildman–Crippen LogP) is 1.68. The first-order valence-electron chi connectivity index (χ1n) is 5.46. The van der Waals surface area contributed by atoms with Crippen molar-refractivity contribution >= 4 is 11.6 Å². The molecule has 17 heavy (non-hydrogen) atoms. The predicted molar refractivity (Wildman–Crippen MR) is 64.5 cm³/mol. The third-order valence-electron chi connectivity index (χ3n) is 2.38. The molecule has 1 aromatic heterocycles. The van der Waals surface area contributed by atoms with Crippen LogP contribution in [0.2, 0.25) is 0 Å². The lowest BCUT2D eigenvalue weighted by molar-refractivity contribution is -0.116. The van der Waals surface area contributed by atoms with Crippen molar-refractivity contribution in [3.8, 4) is 0 Å². The number of aryl methyl sites for hydroxylation is 2. The Hall–Kier alpha value is -2.17. The number of anilines is 1. The third kappa shape index (κ3) is 3.41. The van der Waals surface area contributed by atoms with Crippen molar-refractivity contribution in [3.63, 3.8) is 0 Å². The fourth-order valence-corrected chi connectivity index (χ4v) is 1.54. The lowest BCUT2D eigenvalue weighted by Gasteiger charge is -2.04. The van der Waals surface area contributed by atoms with E-state index in [1.54, 1.807) is 6.20 Å². The van der Waals surface area contributed by atoms with Crippen molar-refractivity contribution in [2.45, 2.75) is 19.8 Å². The van der Waals surface area contributed by atoms with Crippen LogP contribution in [0.25, 0.3) is 0 Å². The van der Waals surface area contributed by atoms with Gasteiger partial charge in [-0.05, 0) is 24.6 Å². The van der Waals surface area contributed by atoms with Gasteiger partial charge in [-0.1, -0.05) is 17.3 Å². The van der Waals surface area contributed by atoms with E-state index in [-0.39, 0.29) is 5.91 Å². The van der Waals surface area contributed by atoms with E-state index in [2.05, 4.69) is 20.7 Å². The first-order valence-corrected chi connectivity index (χ1v) is 5.46. The van der Waals surface area contributed by atoms with Gasteiger partial charge in [0.2, 0.25) is 5.91 Å². The fourth-order valence-electron chi connectivity index (χ4n) is 1.54. The first-order chi connectivity index (χ1) is 8.24. The molecule has 5 nitrogen and oxygen atoms in total. The molecular formula is C12H14N4O. The number of aromatic amines is 1. The van der Waals surface area contributed by atoms with Crippen LogP contribution in [0.4, 0.5) is 5.69 Å². The van der Waals surface area contributed by atoms with E-state index < -0.39 is 0 Å². The van der Waals surface area contributed by atoms with Crippen LogP contribution in [0.3, 0.4) is 0 Å². The summed E-state index contributed by atoms with van der Waals surface area (Å²) in [6.07, 6.45) is 2.69. The second-order valence-corrected chi connectivity index (χ2v) is 3.88. The maximum absolute atomic E-state index is 11.6. The number of amides is 1. The van der Waals surface area contributed by atoms with E-state index in [1.165, 1.54) is 0 Å². The Kier molecular flexibility index (Phi) is 3.49. The van der Waals surface area contributed by atoms with Gasteiger partial charge < -0.3 is 5.32 Å². The minimum absolute atomic E-state index is 0.0152. The van der Waals surface area contributed by atoms with Gasteiger partial charge in [-0.15, -0.1) is 5.10 Å². The van der Waals surface area contributed by atoms with Crippen molar-refractivity contribution in [3.05, 3.63) is 41.7 Å². The maximum atomic E-state index is 11.6. The monoisotopic (exact) mass is 230 g/mol. The molecule has 2 aromatic rings. The van der Waals surface area contributed by atoms with E-state index in [0.29, 0.717) is 12.8 Å². The van der Waals surface area contributed by atoms with Gasteiger partial charge in [-0.2, -0.15) is 0 Å². The number of rotatable bonds is 4. The van der Waals surface area contributed by atoms with Crippen LogP contribution in [-0.2, 0) is 11.2 Å². The van der Waals surface area contributed by atoms with Crippen molar-refractivity contribution < 1.29 is 4.79 Å². The van der Waals surface area contributed by atoms with Crippen LogP contribution in [0, 0.1) is 6.92 Å². The van der Waals surface area contributed by atoms with Crippen molar-refractivity contribution in [2.75, 3.05) is 5.32 Å². The van der Waals surface area contributed by atoms with Gasteiger partial charge in [-0.3, -0.25) is 9.89 Å². The molecule has 1 heterocycles. The Bertz CT molecular complexity index is 493. The zero-order valence-electron chi connectivity index (χ0n) is 9.60. The molecule has 0 fully saturated rings. The molecule has 1 amide bonds. The number of nitrogens with zero attached hydrogens (tertiary/aromatic N) is 2. The normalized spacial score (nSPS) is 10.2. The number of carbonyl (C=O) groups excluding carboxylic acids is 1. The third-order valence-corrected chi connectivity index (χ3v) is 2.38. The molecule has 0 aliphatic rings. The molecule has 2 rings (SSSR count). The van der Waals surface area contributed by atoms with Crippen LogP contribution >= 0.6 is 0 Å². The second-order valence-electron chi connectivity index (χ2n) is 3.88. The summed E-state index contributed by atoms with van der Waals surface area (Å²) in [7, 11) is 0. The number of H-pyrrole nitrogens is 1. The summed E-state index contributed by atoms with van der Waals surface area (Å²) in [5, 5.41) is 12.9. The number of benzene rings is 1. The second kappa shape index (κ2) is 5.25. The standard InChI is InChI=1S/C12H14N4O/c1-9-3-2-4-10(7-9)14-12(17)6-5-11-8-13-16-15-11/h2-4,7-8H,5-6H2,1H3,(H,14,17)(H,13,15,16). The Balaban J connectivity index is 1.85. The molecule has 0 bridgehead atoms. The Morgan fingerprint density at radius 1 is 1.47 bits per heavy atom. The molecule has 0 atom stereocenters. The average Bonchev–Trinajstić information content (AvgIpc) is 2.79. The molecule has 0 saturated carbocycles. The van der Waals surface area contributed by atoms with Gasteiger partial charge in [0.05, 0.1) is 5.69 Å². The van der Waals surface area contributed by atoms with E-state index >= 15 is 0 Å². The fraction of sp³-hybridized carbons (Fsp3) is 0.250. The Morgan fingerprint density at radius 2 is 2.35 bits per heavy atom. The van der Waals surface area contributed by atoms with Gasteiger partial charge in [0.1, 0.15) is 0 Å². The van der Waals surface area contributed by atoms with Crippen LogP contribution < -0.4 is 5.32 Å². The maximum Gasteiger partial charge on any atom is 0.224 e. The highest BCUT2D eigenvalue weighted by molar-refractivity contribution is 5.90. The van der Waals surface area contributed by atoms with Crippen molar-refractivity contribution in [2.24, 2.45) is 0 Å². The summed E-state index contributed by atoms with van der Waals surface area (Å²) >= 11 is 0. The highest BCUT2D eigenvalue weighted by Gasteiger charge is 2.04. The highest BCUT2D eigenvalue weighted by Crippen LogP contribution is 2.10. The lowest BCUT2D eigenvalue weighted by Crippen LogP contribution is -2.12. The molecule has 1 aromatic carbocycles. The summed E-state index contributed by atoms with van der Waals surface area (Å²) in [6.45, 7) is 1.99. The van der Waals surface area contributed by atoms with Crippen LogP contribution in [0.5, 0.6) is 0 Å². The smallest absolute Gasteiger partial charge is 0.224 e. The largest absolute Gasteiger partial charge is 0.326 e. The number of carbonyl (C=O) groups is 1. The topological polar surface area (TPSA) is 70.7 Å². The summed E-state index contributed by atoms with van der Waals surface area (Å²) in [4.78, 5) is 11.6. The number of hydrogen-bond acceptors (Lipinski definition) is 3. The molecule has 0 aliphatic carbocycles. The minimum atomic E-state index is -0.0152. The van der Waals surface area contributed by atoms with Gasteiger partial charge >= 0.3 is 0 Å². The minimum Gasteiger partial charge on any atom is -0.326 e. The van der Waals surface area contributed by atoms with E-state index in [9.17, 15) is 4.79 Å². The van der Waals surface area contributed by atoms with E-state index in [0.717, 1.165) is 16.9 Å². The van der Waals surface area contributed by atoms with Gasteiger partial charge in [0.15, 0.2) is 0 Å². The molecular weight excluding hydrogens is 216 g/mol. The molecule has 5 heteroatoms. The van der Waals surface area contributed by atoms with Crippen molar-refractivity contribution in [1.29, 1.82) is 0 Å². The van der Waals surface area contributed by atoms with Crippen LogP contribution in [0.15, 0.2) is 30.5 Å². The quantitative estimate of drug-likeness (QED) is 0.839. The lowest BCUT2D eigenvalue weighted by atomic mass is 10.2. The molecule has 0 saturated heterocycles. The Labute approximate surface area is 99.2 Å². The van der Waals surface area contributed by atoms with Crippen LogP contribution in [0.1, 0.15) is 17.7 Å². The number of aromatic nitrogens is 3. The molecule has 0 spiro atoms. The summed E-state index contributed by atoms with van der Waals surface area (Å²) < 4.78 is 0. The van der Waals surface area contributed by atoms with Gasteiger partial charge in [-0.25, -0.2) is 0 Å². The van der Waals surface area contributed by atoms with Crippen molar-refractivity contribution in [1.82, 2.24) is 15.4 Å². The summed E-state index contributed by atoms with van der Waals surface area (Å²) in [5.41, 5.74) is 2.75. The average molecular weight is 230 g/mol. The highest BCUT2D eigenvalue weighted by atomic mass is 16.1. The number of hydrogen-bond donors (Lipinski definition) is 2.